The number of unbranched alkanes of at least 4 members (excludes halogenated alkanes) is 10. The number of nitrogens with zero attached hydrogens (tertiary/aromatic N) is 1. The quantitative estimate of drug-likeness (QED) is 0.0959. The molecule has 30 heavy (non-hydrogen) atoms. The highest BCUT2D eigenvalue weighted by Crippen LogP contribution is 2.42. The molecule has 0 atom stereocenters. The van der Waals surface area contributed by atoms with Crippen molar-refractivity contribution in [2.24, 2.45) is 0 Å². The number of ether oxygens (including phenoxy) is 1. The summed E-state index contributed by atoms with van der Waals surface area (Å²) in [5, 5.41) is 30.9. The molecule has 7 heteroatoms. The molecule has 0 amide bonds. The Morgan fingerprint density at radius 2 is 1.43 bits per heavy atom. The molecular formula is C23H37NO6. The first-order valence-corrected chi connectivity index (χ1v) is 11.3. The molecule has 0 spiro atoms. The lowest BCUT2D eigenvalue weighted by molar-refractivity contribution is -0.386. The average molecular weight is 424 g/mol. The zero-order valence-electron chi connectivity index (χ0n) is 18.5. The molecule has 0 radical (unpaired) electrons. The van der Waals surface area contributed by atoms with Crippen LogP contribution < -0.4 is 4.74 Å². The number of carbonyl (C=O) groups is 1. The Hall–Kier alpha value is -2.31. The van der Waals surface area contributed by atoms with Crippen LogP contribution in [0, 0.1) is 10.1 Å². The molecule has 0 aliphatic carbocycles. The average Bonchev–Trinajstić information content (AvgIpc) is 2.69. The number of hydrogen-bond acceptors (Lipinski definition) is 5. The Morgan fingerprint density at radius 3 is 1.93 bits per heavy atom. The molecule has 0 saturated carbocycles. The second kappa shape index (κ2) is 14.6. The van der Waals surface area contributed by atoms with Crippen LogP contribution in [0.1, 0.15) is 102 Å². The van der Waals surface area contributed by atoms with E-state index in [9.17, 15) is 20.0 Å². The van der Waals surface area contributed by atoms with E-state index in [0.29, 0.717) is 24.0 Å². The monoisotopic (exact) mass is 423 g/mol. The van der Waals surface area contributed by atoms with Crippen LogP contribution in [0.4, 0.5) is 10.5 Å². The first-order chi connectivity index (χ1) is 14.4. The van der Waals surface area contributed by atoms with E-state index in [-0.39, 0.29) is 5.75 Å². The number of nitro groups is 1. The topological polar surface area (TPSA) is 110 Å². The van der Waals surface area contributed by atoms with E-state index in [2.05, 4.69) is 18.6 Å². The van der Waals surface area contributed by atoms with Gasteiger partial charge in [-0.3, -0.25) is 10.1 Å². The van der Waals surface area contributed by atoms with Gasteiger partial charge in [0.05, 0.1) is 4.92 Å². The summed E-state index contributed by atoms with van der Waals surface area (Å²) in [5.74, 6) is -1.06. The van der Waals surface area contributed by atoms with E-state index < -0.39 is 22.5 Å². The number of aromatic hydroxyl groups is 1. The molecular weight excluding hydrogens is 386 g/mol. The highest BCUT2D eigenvalue weighted by molar-refractivity contribution is 5.69. The lowest BCUT2D eigenvalue weighted by atomic mass is 9.94. The van der Waals surface area contributed by atoms with Crippen molar-refractivity contribution in [2.75, 3.05) is 0 Å². The summed E-state index contributed by atoms with van der Waals surface area (Å²) in [6.45, 7) is 4.31. The van der Waals surface area contributed by atoms with Gasteiger partial charge in [0.2, 0.25) is 5.75 Å². The van der Waals surface area contributed by atoms with Crippen LogP contribution in [0.5, 0.6) is 11.5 Å². The Labute approximate surface area is 179 Å². The Balaban J connectivity index is 3.00. The third-order valence-electron chi connectivity index (χ3n) is 5.40. The van der Waals surface area contributed by atoms with Gasteiger partial charge in [-0.2, -0.15) is 0 Å². The van der Waals surface area contributed by atoms with Crippen LogP contribution >= 0.6 is 0 Å². The number of rotatable bonds is 16. The van der Waals surface area contributed by atoms with Crippen LogP contribution in [0.2, 0.25) is 0 Å². The summed E-state index contributed by atoms with van der Waals surface area (Å²) in [4.78, 5) is 22.0. The lowest BCUT2D eigenvalue weighted by Gasteiger charge is -2.14. The molecule has 0 heterocycles. The van der Waals surface area contributed by atoms with Gasteiger partial charge in [-0.25, -0.2) is 4.79 Å². The molecule has 0 unspecified atom stereocenters. The van der Waals surface area contributed by atoms with Gasteiger partial charge in [0.15, 0.2) is 5.75 Å². The molecule has 0 aromatic heterocycles. The van der Waals surface area contributed by atoms with Crippen molar-refractivity contribution in [3.8, 4) is 11.5 Å². The first-order valence-electron chi connectivity index (χ1n) is 11.3. The molecule has 7 nitrogen and oxygen atoms in total. The van der Waals surface area contributed by atoms with Crippen LogP contribution in [0.15, 0.2) is 6.07 Å². The number of nitro benzene ring substituents is 1. The first kappa shape index (κ1) is 25.7. The minimum absolute atomic E-state index is 0.359. The summed E-state index contributed by atoms with van der Waals surface area (Å²) in [6, 6.07) is 1.47. The van der Waals surface area contributed by atoms with E-state index in [1.165, 1.54) is 31.7 Å². The summed E-state index contributed by atoms with van der Waals surface area (Å²) in [6.07, 6.45) is 12.4. The van der Waals surface area contributed by atoms with Gasteiger partial charge in [0.25, 0.3) is 0 Å². The van der Waals surface area contributed by atoms with Gasteiger partial charge in [0, 0.05) is 5.56 Å². The summed E-state index contributed by atoms with van der Waals surface area (Å²) < 4.78 is 4.62. The summed E-state index contributed by atoms with van der Waals surface area (Å²) in [5.41, 5.74) is 0.808. The predicted molar refractivity (Wildman–Crippen MR) is 118 cm³/mol. The van der Waals surface area contributed by atoms with Gasteiger partial charge < -0.3 is 14.9 Å². The summed E-state index contributed by atoms with van der Waals surface area (Å²) in [7, 11) is 0. The Kier molecular flexibility index (Phi) is 12.6. The number of aryl methyl sites for hydroxylation is 1. The SMILES string of the molecule is CCCCCCCCc1cc(OC(=O)O)c(O)c([N+](=O)[O-])c1CCCCCCCC. The standard InChI is InChI=1S/C23H37NO6/c1-3-5-7-9-11-13-15-18-17-20(30-23(26)27)22(25)21(24(28)29)19(18)16-14-12-10-8-6-4-2/h17,25H,3-16H2,1-2H3,(H,26,27). The van der Waals surface area contributed by atoms with Gasteiger partial charge in [-0.05, 0) is 37.3 Å². The van der Waals surface area contributed by atoms with Crippen LogP contribution in [-0.2, 0) is 12.8 Å². The molecule has 0 saturated heterocycles. The largest absolute Gasteiger partial charge is 0.511 e. The minimum Gasteiger partial charge on any atom is -0.499 e. The second-order valence-electron chi connectivity index (χ2n) is 7.87. The lowest BCUT2D eigenvalue weighted by Crippen LogP contribution is -2.08. The van der Waals surface area contributed by atoms with Crippen molar-refractivity contribution in [3.63, 3.8) is 0 Å². The number of carboxylic acid groups (broad SMARTS) is 1. The van der Waals surface area contributed by atoms with Crippen molar-refractivity contribution < 1.29 is 24.7 Å². The maximum atomic E-state index is 11.7. The molecule has 1 aromatic rings. The maximum absolute atomic E-state index is 11.7. The highest BCUT2D eigenvalue weighted by atomic mass is 16.7. The molecule has 0 fully saturated rings. The number of phenolic OH excluding ortho intramolecular Hbond substituents is 1. The molecule has 0 aliphatic heterocycles. The summed E-state index contributed by atoms with van der Waals surface area (Å²) >= 11 is 0. The third kappa shape index (κ3) is 9.01. The van der Waals surface area contributed by atoms with Gasteiger partial charge in [-0.15, -0.1) is 0 Å². The number of phenols is 1. The second-order valence-corrected chi connectivity index (χ2v) is 7.87. The minimum atomic E-state index is -1.60. The van der Waals surface area contributed by atoms with Crippen LogP contribution in [0.25, 0.3) is 0 Å². The molecule has 1 aromatic carbocycles. The smallest absolute Gasteiger partial charge is 0.499 e. The molecule has 170 valence electrons. The van der Waals surface area contributed by atoms with E-state index in [4.69, 9.17) is 5.11 Å². The maximum Gasteiger partial charge on any atom is 0.511 e. The van der Waals surface area contributed by atoms with E-state index in [1.54, 1.807) is 0 Å². The number of hydrogen-bond donors (Lipinski definition) is 2. The Morgan fingerprint density at radius 1 is 0.933 bits per heavy atom. The molecule has 2 N–H and O–H groups in total. The highest BCUT2D eigenvalue weighted by Gasteiger charge is 2.28. The molecule has 1 rings (SSSR count). The zero-order chi connectivity index (χ0) is 22.4. The van der Waals surface area contributed by atoms with Crippen molar-refractivity contribution in [1.82, 2.24) is 0 Å². The van der Waals surface area contributed by atoms with Gasteiger partial charge >= 0.3 is 11.8 Å². The van der Waals surface area contributed by atoms with Crippen molar-refractivity contribution >= 4 is 11.8 Å². The zero-order valence-corrected chi connectivity index (χ0v) is 18.5. The fraction of sp³-hybridized carbons (Fsp3) is 0.696. The fourth-order valence-electron chi connectivity index (χ4n) is 3.77. The van der Waals surface area contributed by atoms with Crippen LogP contribution in [0.3, 0.4) is 0 Å². The van der Waals surface area contributed by atoms with Crippen molar-refractivity contribution in [1.29, 1.82) is 0 Å². The van der Waals surface area contributed by atoms with Crippen LogP contribution in [-0.4, -0.2) is 21.3 Å². The number of benzene rings is 1. The fourth-order valence-corrected chi connectivity index (χ4v) is 3.77. The van der Waals surface area contributed by atoms with E-state index >= 15 is 0 Å². The molecule has 0 aliphatic rings. The van der Waals surface area contributed by atoms with Crippen molar-refractivity contribution in [2.45, 2.75) is 104 Å². The third-order valence-corrected chi connectivity index (χ3v) is 5.40. The normalized spacial score (nSPS) is 10.9. The predicted octanol–water partition coefficient (Wildman–Crippen LogP) is 7.16. The Bertz CT molecular complexity index is 674. The van der Waals surface area contributed by atoms with E-state index in [0.717, 1.165) is 51.4 Å². The molecule has 0 bridgehead atoms. The van der Waals surface area contributed by atoms with E-state index in [1.807, 2.05) is 0 Å². The van der Waals surface area contributed by atoms with Gasteiger partial charge in [-0.1, -0.05) is 78.1 Å². The van der Waals surface area contributed by atoms with Gasteiger partial charge in [0.1, 0.15) is 0 Å². The van der Waals surface area contributed by atoms with Crippen molar-refractivity contribution in [3.05, 3.63) is 27.3 Å².